The number of rotatable bonds is 4. The van der Waals surface area contributed by atoms with E-state index in [1.54, 1.807) is 6.07 Å². The van der Waals surface area contributed by atoms with E-state index in [9.17, 15) is 0 Å². The van der Waals surface area contributed by atoms with E-state index in [2.05, 4.69) is 17.2 Å². The van der Waals surface area contributed by atoms with Crippen LogP contribution in [0.15, 0.2) is 6.07 Å². The monoisotopic (exact) mass is 247 g/mol. The topological polar surface area (TPSA) is 28.2 Å². The molecule has 0 aliphatic carbocycles. The molecule has 15 heavy (non-hydrogen) atoms. The summed E-state index contributed by atoms with van der Waals surface area (Å²) < 4.78 is 0. The Kier molecular flexibility index (Phi) is 4.48. The van der Waals surface area contributed by atoms with Crippen molar-refractivity contribution in [3.8, 4) is 0 Å². The zero-order chi connectivity index (χ0) is 11.4. The zero-order valence-corrected chi connectivity index (χ0v) is 10.7. The van der Waals surface area contributed by atoms with Gasteiger partial charge in [-0.25, -0.2) is 4.98 Å². The summed E-state index contributed by atoms with van der Waals surface area (Å²) in [4.78, 5) is 6.22. The molecule has 1 aromatic rings. The normalized spacial score (nSPS) is 10.2. The maximum Gasteiger partial charge on any atom is 0.149 e. The number of halogens is 2. The van der Waals surface area contributed by atoms with Gasteiger partial charge in [0.2, 0.25) is 0 Å². The van der Waals surface area contributed by atoms with Crippen LogP contribution in [-0.4, -0.2) is 25.6 Å². The van der Waals surface area contributed by atoms with Gasteiger partial charge in [-0.1, -0.05) is 30.1 Å². The van der Waals surface area contributed by atoms with Gasteiger partial charge in [-0.05, 0) is 12.5 Å². The fraction of sp³-hybridized carbons (Fsp3) is 0.500. The lowest BCUT2D eigenvalue weighted by Crippen LogP contribution is -2.13. The second-order valence-corrected chi connectivity index (χ2v) is 4.26. The molecule has 0 saturated carbocycles. The largest absolute Gasteiger partial charge is 0.369 e. The van der Waals surface area contributed by atoms with Gasteiger partial charge in [-0.15, -0.1) is 0 Å². The molecule has 0 aromatic carbocycles. The molecule has 0 unspecified atom stereocenters. The van der Waals surface area contributed by atoms with Gasteiger partial charge in [0.15, 0.2) is 0 Å². The van der Waals surface area contributed by atoms with Crippen LogP contribution >= 0.6 is 23.2 Å². The highest BCUT2D eigenvalue weighted by Crippen LogP contribution is 2.30. The molecule has 1 rings (SSSR count). The molecule has 5 heteroatoms. The van der Waals surface area contributed by atoms with Crippen molar-refractivity contribution in [1.82, 2.24) is 4.98 Å². The molecule has 0 radical (unpaired) electrons. The van der Waals surface area contributed by atoms with E-state index < -0.39 is 0 Å². The van der Waals surface area contributed by atoms with Crippen molar-refractivity contribution in [3.05, 3.63) is 16.1 Å². The highest BCUT2D eigenvalue weighted by atomic mass is 35.5. The Balaban J connectivity index is 3.00. The van der Waals surface area contributed by atoms with E-state index in [4.69, 9.17) is 23.2 Å². The van der Waals surface area contributed by atoms with E-state index >= 15 is 0 Å². The number of aromatic nitrogens is 1. The van der Waals surface area contributed by atoms with Crippen LogP contribution < -0.4 is 10.2 Å². The van der Waals surface area contributed by atoms with Gasteiger partial charge in [-0.3, -0.25) is 0 Å². The highest BCUT2D eigenvalue weighted by molar-refractivity contribution is 6.37. The first-order valence-corrected chi connectivity index (χ1v) is 5.59. The molecule has 0 aliphatic heterocycles. The molecule has 0 fully saturated rings. The van der Waals surface area contributed by atoms with Crippen molar-refractivity contribution >= 4 is 34.8 Å². The summed E-state index contributed by atoms with van der Waals surface area (Å²) >= 11 is 12.0. The second-order valence-electron chi connectivity index (χ2n) is 3.45. The lowest BCUT2D eigenvalue weighted by molar-refractivity contribution is 0.964. The van der Waals surface area contributed by atoms with Crippen molar-refractivity contribution in [2.75, 3.05) is 30.9 Å². The van der Waals surface area contributed by atoms with Crippen molar-refractivity contribution in [2.24, 2.45) is 0 Å². The Bertz CT molecular complexity index is 340. The van der Waals surface area contributed by atoms with E-state index in [0.29, 0.717) is 15.9 Å². The Hall–Kier alpha value is -0.670. The summed E-state index contributed by atoms with van der Waals surface area (Å²) in [7, 11) is 3.79. The van der Waals surface area contributed by atoms with Crippen molar-refractivity contribution in [1.29, 1.82) is 0 Å². The molecule has 0 spiro atoms. The van der Waals surface area contributed by atoms with Gasteiger partial charge >= 0.3 is 0 Å². The van der Waals surface area contributed by atoms with E-state index in [1.807, 2.05) is 19.0 Å². The van der Waals surface area contributed by atoms with Gasteiger partial charge in [0.25, 0.3) is 0 Å². The van der Waals surface area contributed by atoms with E-state index in [-0.39, 0.29) is 0 Å². The summed E-state index contributed by atoms with van der Waals surface area (Å²) in [6.07, 6.45) is 1.03. The number of anilines is 2. The predicted molar refractivity (Wildman–Crippen MR) is 67.4 cm³/mol. The van der Waals surface area contributed by atoms with Crippen LogP contribution in [0.2, 0.25) is 10.0 Å². The van der Waals surface area contributed by atoms with Gasteiger partial charge in [0.1, 0.15) is 11.6 Å². The quantitative estimate of drug-likeness (QED) is 0.886. The van der Waals surface area contributed by atoms with Crippen LogP contribution in [0.3, 0.4) is 0 Å². The van der Waals surface area contributed by atoms with Gasteiger partial charge in [0.05, 0.1) is 10.0 Å². The van der Waals surface area contributed by atoms with Crippen molar-refractivity contribution < 1.29 is 0 Å². The number of hydrogen-bond donors (Lipinski definition) is 1. The summed E-state index contributed by atoms with van der Waals surface area (Å²) in [5.74, 6) is 1.41. The van der Waals surface area contributed by atoms with Crippen molar-refractivity contribution in [2.45, 2.75) is 13.3 Å². The maximum absolute atomic E-state index is 6.01. The van der Waals surface area contributed by atoms with Crippen molar-refractivity contribution in [3.63, 3.8) is 0 Å². The first-order valence-electron chi connectivity index (χ1n) is 4.83. The first kappa shape index (κ1) is 12.4. The zero-order valence-electron chi connectivity index (χ0n) is 9.14. The fourth-order valence-corrected chi connectivity index (χ4v) is 1.73. The molecule has 0 atom stereocenters. The summed E-state index contributed by atoms with van der Waals surface area (Å²) in [6, 6.07) is 1.71. The van der Waals surface area contributed by atoms with E-state index in [1.165, 1.54) is 0 Å². The van der Waals surface area contributed by atoms with Crippen LogP contribution in [-0.2, 0) is 0 Å². The Morgan fingerprint density at radius 1 is 1.33 bits per heavy atom. The minimum absolute atomic E-state index is 0.555. The molecule has 0 bridgehead atoms. The smallest absolute Gasteiger partial charge is 0.149 e. The highest BCUT2D eigenvalue weighted by Gasteiger charge is 2.09. The minimum atomic E-state index is 0.555. The van der Waals surface area contributed by atoms with Gasteiger partial charge < -0.3 is 10.2 Å². The van der Waals surface area contributed by atoms with Crippen LogP contribution in [0.1, 0.15) is 13.3 Å². The molecule has 1 heterocycles. The Morgan fingerprint density at radius 3 is 2.53 bits per heavy atom. The lowest BCUT2D eigenvalue weighted by Gasteiger charge is -2.15. The Labute approximate surface area is 100 Å². The summed E-state index contributed by atoms with van der Waals surface area (Å²) in [5.41, 5.74) is 0. The molecule has 0 amide bonds. The number of pyridine rings is 1. The predicted octanol–water partition coefficient (Wildman–Crippen LogP) is 3.28. The number of hydrogen-bond acceptors (Lipinski definition) is 3. The Morgan fingerprint density at radius 2 is 2.00 bits per heavy atom. The van der Waals surface area contributed by atoms with Crippen LogP contribution in [0.5, 0.6) is 0 Å². The third-order valence-corrected chi connectivity index (χ3v) is 2.44. The number of nitrogens with zero attached hydrogens (tertiary/aromatic N) is 2. The summed E-state index contributed by atoms with van der Waals surface area (Å²) in [6.45, 7) is 2.94. The molecule has 0 saturated heterocycles. The third kappa shape index (κ3) is 3.14. The first-order chi connectivity index (χ1) is 7.06. The molecule has 1 N–H and O–H groups in total. The lowest BCUT2D eigenvalue weighted by atomic mass is 10.4. The second kappa shape index (κ2) is 5.42. The number of nitrogens with one attached hydrogen (secondary N) is 1. The summed E-state index contributed by atoms with van der Waals surface area (Å²) in [5, 5.41) is 4.27. The molecular formula is C10H15Cl2N3. The molecule has 3 nitrogen and oxygen atoms in total. The van der Waals surface area contributed by atoms with Crippen LogP contribution in [0, 0.1) is 0 Å². The molecule has 0 aliphatic rings. The van der Waals surface area contributed by atoms with E-state index in [0.717, 1.165) is 18.8 Å². The third-order valence-electron chi connectivity index (χ3n) is 1.88. The maximum atomic E-state index is 6.01. The minimum Gasteiger partial charge on any atom is -0.369 e. The van der Waals surface area contributed by atoms with Crippen LogP contribution in [0.25, 0.3) is 0 Å². The van der Waals surface area contributed by atoms with Gasteiger partial charge in [0, 0.05) is 20.6 Å². The average Bonchev–Trinajstić information content (AvgIpc) is 2.16. The average molecular weight is 248 g/mol. The molecule has 1 aromatic heterocycles. The SMILES string of the molecule is CCCNc1nc(N(C)C)c(Cl)cc1Cl. The van der Waals surface area contributed by atoms with Gasteiger partial charge in [-0.2, -0.15) is 0 Å². The molecular weight excluding hydrogens is 233 g/mol. The standard InChI is InChI=1S/C10H15Cl2N3/c1-4-5-13-9-7(11)6-8(12)10(14-9)15(2)3/h6H,4-5H2,1-3H3,(H,13,14). The van der Waals surface area contributed by atoms with Crippen LogP contribution in [0.4, 0.5) is 11.6 Å². The fourth-order valence-electron chi connectivity index (χ4n) is 1.14. The molecule has 84 valence electrons.